The number of hydrogen-bond acceptors (Lipinski definition) is 3. The van der Waals surface area contributed by atoms with E-state index in [1.807, 2.05) is 6.07 Å². The Bertz CT molecular complexity index is 740. The lowest BCUT2D eigenvalue weighted by atomic mass is 9.97. The smallest absolute Gasteiger partial charge is 0.317 e. The van der Waals surface area contributed by atoms with E-state index in [0.717, 1.165) is 49.1 Å². The van der Waals surface area contributed by atoms with Gasteiger partial charge in [-0.3, -0.25) is 0 Å². The van der Waals surface area contributed by atoms with Gasteiger partial charge in [0.25, 0.3) is 0 Å². The Balaban J connectivity index is 1.45. The number of benzene rings is 1. The summed E-state index contributed by atoms with van der Waals surface area (Å²) in [5.74, 6) is 0.220. The topological polar surface area (TPSA) is 71.6 Å². The highest BCUT2D eigenvalue weighted by molar-refractivity contribution is 5.80. The van der Waals surface area contributed by atoms with Crippen molar-refractivity contribution < 1.29 is 14.3 Å². The van der Waals surface area contributed by atoms with Gasteiger partial charge >= 0.3 is 6.03 Å². The third kappa shape index (κ3) is 4.74. The molecule has 3 N–H and O–H groups in total. The normalized spacial score (nSPS) is 16.1. The van der Waals surface area contributed by atoms with Crippen LogP contribution in [0.15, 0.2) is 24.3 Å². The number of likely N-dealkylation sites (tertiary alicyclic amines) is 1. The van der Waals surface area contributed by atoms with Crippen LogP contribution in [0.1, 0.15) is 18.5 Å². The molecule has 1 aromatic heterocycles. The van der Waals surface area contributed by atoms with E-state index in [2.05, 4.69) is 15.2 Å². The minimum absolute atomic E-state index is 0.104. The maximum Gasteiger partial charge on any atom is 0.317 e. The summed E-state index contributed by atoms with van der Waals surface area (Å²) in [5, 5.41) is 12.8. The minimum Gasteiger partial charge on any atom is -0.395 e. The van der Waals surface area contributed by atoms with Crippen molar-refractivity contribution in [3.05, 3.63) is 35.8 Å². The van der Waals surface area contributed by atoms with Crippen LogP contribution in [-0.2, 0) is 6.54 Å². The number of rotatable bonds is 6. The lowest BCUT2D eigenvalue weighted by molar-refractivity contribution is 0.145. The van der Waals surface area contributed by atoms with E-state index in [0.29, 0.717) is 19.0 Å². The van der Waals surface area contributed by atoms with Crippen molar-refractivity contribution in [2.45, 2.75) is 19.4 Å². The summed E-state index contributed by atoms with van der Waals surface area (Å²) in [6.07, 6.45) is 2.08. The molecular formula is C19H27FN4O2. The number of aromatic amines is 1. The number of aliphatic hydroxyl groups is 1. The molecule has 0 spiro atoms. The highest BCUT2D eigenvalue weighted by Crippen LogP contribution is 2.18. The number of halogens is 1. The number of piperidine rings is 1. The van der Waals surface area contributed by atoms with Crippen LogP contribution >= 0.6 is 0 Å². The largest absolute Gasteiger partial charge is 0.395 e. The van der Waals surface area contributed by atoms with Gasteiger partial charge in [-0.25, -0.2) is 9.18 Å². The van der Waals surface area contributed by atoms with Gasteiger partial charge in [0.15, 0.2) is 0 Å². The molecule has 7 heteroatoms. The molecule has 26 heavy (non-hydrogen) atoms. The van der Waals surface area contributed by atoms with Gasteiger partial charge in [-0.05, 0) is 56.1 Å². The SMILES string of the molecule is CN(Cc1cc2cc(F)ccc2[nH]1)C(=O)NCC1CCN(CCO)CC1. The molecule has 0 unspecified atom stereocenters. The molecule has 3 rings (SSSR count). The third-order valence-corrected chi connectivity index (χ3v) is 5.06. The monoisotopic (exact) mass is 362 g/mol. The predicted molar refractivity (Wildman–Crippen MR) is 99.4 cm³/mol. The first-order valence-corrected chi connectivity index (χ1v) is 9.14. The number of carbonyl (C=O) groups excluding carboxylic acids is 1. The van der Waals surface area contributed by atoms with Crippen LogP contribution in [0, 0.1) is 11.7 Å². The quantitative estimate of drug-likeness (QED) is 0.737. The lowest BCUT2D eigenvalue weighted by Crippen LogP contribution is -2.42. The van der Waals surface area contributed by atoms with Crippen LogP contribution in [0.3, 0.4) is 0 Å². The number of H-pyrrole nitrogens is 1. The van der Waals surface area contributed by atoms with Crippen molar-refractivity contribution >= 4 is 16.9 Å². The van der Waals surface area contributed by atoms with E-state index < -0.39 is 0 Å². The molecule has 2 heterocycles. The van der Waals surface area contributed by atoms with Gasteiger partial charge in [-0.1, -0.05) is 0 Å². The Morgan fingerprint density at radius 2 is 2.15 bits per heavy atom. The van der Waals surface area contributed by atoms with Crippen molar-refractivity contribution in [3.8, 4) is 0 Å². The minimum atomic E-state index is -0.265. The van der Waals surface area contributed by atoms with E-state index in [-0.39, 0.29) is 18.5 Å². The summed E-state index contributed by atoms with van der Waals surface area (Å²) in [6, 6.07) is 6.38. The highest BCUT2D eigenvalue weighted by Gasteiger charge is 2.20. The van der Waals surface area contributed by atoms with Crippen molar-refractivity contribution in [3.63, 3.8) is 0 Å². The van der Waals surface area contributed by atoms with E-state index in [4.69, 9.17) is 5.11 Å². The second-order valence-electron chi connectivity index (χ2n) is 7.08. The summed E-state index contributed by atoms with van der Waals surface area (Å²) in [7, 11) is 1.76. The molecule has 0 bridgehead atoms. The van der Waals surface area contributed by atoms with Crippen LogP contribution in [-0.4, -0.2) is 65.8 Å². The molecule has 1 aromatic carbocycles. The van der Waals surface area contributed by atoms with Crippen LogP contribution in [0.2, 0.25) is 0 Å². The average molecular weight is 362 g/mol. The number of nitrogens with one attached hydrogen (secondary N) is 2. The molecule has 1 fully saturated rings. The summed E-state index contributed by atoms with van der Waals surface area (Å²) >= 11 is 0. The molecule has 1 aliphatic rings. The highest BCUT2D eigenvalue weighted by atomic mass is 19.1. The zero-order chi connectivity index (χ0) is 18.5. The van der Waals surface area contributed by atoms with Gasteiger partial charge in [-0.15, -0.1) is 0 Å². The zero-order valence-corrected chi connectivity index (χ0v) is 15.2. The Morgan fingerprint density at radius 1 is 1.38 bits per heavy atom. The molecule has 0 saturated carbocycles. The van der Waals surface area contributed by atoms with Gasteiger partial charge in [0, 0.05) is 36.7 Å². The van der Waals surface area contributed by atoms with E-state index >= 15 is 0 Å². The fourth-order valence-electron chi connectivity index (χ4n) is 3.50. The summed E-state index contributed by atoms with van der Waals surface area (Å²) in [6.45, 7) is 4.00. The first-order valence-electron chi connectivity index (χ1n) is 9.14. The number of urea groups is 1. The summed E-state index contributed by atoms with van der Waals surface area (Å²) < 4.78 is 13.3. The van der Waals surface area contributed by atoms with Gasteiger partial charge in [0.05, 0.1) is 13.2 Å². The fourth-order valence-corrected chi connectivity index (χ4v) is 3.50. The number of fused-ring (bicyclic) bond motifs is 1. The molecule has 142 valence electrons. The Labute approximate surface area is 153 Å². The van der Waals surface area contributed by atoms with Gasteiger partial charge in [0.1, 0.15) is 5.82 Å². The van der Waals surface area contributed by atoms with Crippen molar-refractivity contribution in [1.82, 2.24) is 20.1 Å². The van der Waals surface area contributed by atoms with Crippen LogP contribution in [0.4, 0.5) is 9.18 Å². The van der Waals surface area contributed by atoms with Gasteiger partial charge < -0.3 is 25.2 Å². The standard InChI is InChI=1S/C19H27FN4O2/c1-23(13-17-11-15-10-16(20)2-3-18(15)22-17)19(26)21-12-14-4-6-24(7-5-14)8-9-25/h2-3,10-11,14,22,25H,4-9,12-13H2,1H3,(H,21,26). The second-order valence-corrected chi connectivity index (χ2v) is 7.08. The van der Waals surface area contributed by atoms with Crippen molar-refractivity contribution in [2.24, 2.45) is 5.92 Å². The lowest BCUT2D eigenvalue weighted by Gasteiger charge is -2.31. The molecule has 0 atom stereocenters. The number of carbonyl (C=O) groups is 1. The van der Waals surface area contributed by atoms with Crippen LogP contribution in [0.25, 0.3) is 10.9 Å². The first kappa shape index (κ1) is 18.7. The van der Waals surface area contributed by atoms with Crippen molar-refractivity contribution in [2.75, 3.05) is 39.8 Å². The number of nitrogens with zero attached hydrogens (tertiary/aromatic N) is 2. The number of aromatic nitrogens is 1. The van der Waals surface area contributed by atoms with E-state index in [9.17, 15) is 9.18 Å². The Morgan fingerprint density at radius 3 is 2.88 bits per heavy atom. The second kappa shape index (κ2) is 8.51. The number of hydrogen-bond donors (Lipinski definition) is 3. The Hall–Kier alpha value is -2.12. The van der Waals surface area contributed by atoms with E-state index in [1.54, 1.807) is 18.0 Å². The third-order valence-electron chi connectivity index (χ3n) is 5.06. The van der Waals surface area contributed by atoms with Gasteiger partial charge in [-0.2, -0.15) is 0 Å². The molecule has 2 amide bonds. The van der Waals surface area contributed by atoms with E-state index in [1.165, 1.54) is 12.1 Å². The molecule has 2 aromatic rings. The average Bonchev–Trinajstić information content (AvgIpc) is 3.02. The van der Waals surface area contributed by atoms with Crippen LogP contribution < -0.4 is 5.32 Å². The van der Waals surface area contributed by atoms with Gasteiger partial charge in [0.2, 0.25) is 0 Å². The molecule has 6 nitrogen and oxygen atoms in total. The number of β-amino-alcohol motifs (C(OH)–C–C–N with tert-alkyl or cyclic N) is 1. The van der Waals surface area contributed by atoms with Crippen LogP contribution in [0.5, 0.6) is 0 Å². The maximum absolute atomic E-state index is 13.3. The molecule has 0 aliphatic carbocycles. The molecular weight excluding hydrogens is 335 g/mol. The fraction of sp³-hybridized carbons (Fsp3) is 0.526. The maximum atomic E-state index is 13.3. The molecule has 1 aliphatic heterocycles. The number of amides is 2. The zero-order valence-electron chi connectivity index (χ0n) is 15.2. The first-order chi connectivity index (χ1) is 12.5. The molecule has 1 saturated heterocycles. The van der Waals surface area contributed by atoms with Crippen molar-refractivity contribution in [1.29, 1.82) is 0 Å². The number of aliphatic hydroxyl groups excluding tert-OH is 1. The predicted octanol–water partition coefficient (Wildman–Crippen LogP) is 2.15. The summed E-state index contributed by atoms with van der Waals surface area (Å²) in [4.78, 5) is 19.4. The Kier molecular flexibility index (Phi) is 6.11. The molecule has 0 radical (unpaired) electrons. The summed E-state index contributed by atoms with van der Waals surface area (Å²) in [5.41, 5.74) is 1.74.